The number of aromatic nitrogens is 2. The van der Waals surface area contributed by atoms with Crippen LogP contribution in [0.25, 0.3) is 27.5 Å². The summed E-state index contributed by atoms with van der Waals surface area (Å²) in [5.41, 5.74) is 3.57. The maximum atomic E-state index is 3.67. The number of nitrogens with zero attached hydrogens (tertiary/aromatic N) is 1. The monoisotopic (exact) mass is 436 g/mol. The van der Waals surface area contributed by atoms with Gasteiger partial charge in [0.2, 0.25) is 0 Å². The molecule has 0 amide bonds. The Morgan fingerprint density at radius 2 is 1.90 bits per heavy atom. The molecule has 0 aliphatic heterocycles. The summed E-state index contributed by atoms with van der Waals surface area (Å²) in [5, 5.41) is 2.46. The Morgan fingerprint density at radius 3 is 2.80 bits per heavy atom. The first-order valence-electron chi connectivity index (χ1n) is 6.27. The SMILES string of the molecule is Brc1cn(-c2cccc3cc[nH]c23)c2c(I)cccc12. The minimum absolute atomic E-state index is 1.12. The van der Waals surface area contributed by atoms with Gasteiger partial charge in [-0.05, 0) is 56.7 Å². The molecule has 1 N–H and O–H groups in total. The second-order valence-electron chi connectivity index (χ2n) is 4.70. The van der Waals surface area contributed by atoms with Crippen molar-refractivity contribution in [3.8, 4) is 5.69 Å². The standard InChI is InChI=1S/C16H10BrIN2/c17-12-9-20(16-11(12)4-2-5-13(16)18)14-6-1-3-10-7-8-19-15(10)14/h1-9,19H. The van der Waals surface area contributed by atoms with Crippen LogP contribution in [-0.4, -0.2) is 9.55 Å². The molecular weight excluding hydrogens is 427 g/mol. The minimum Gasteiger partial charge on any atom is -0.359 e. The molecule has 2 nitrogen and oxygen atoms in total. The van der Waals surface area contributed by atoms with Gasteiger partial charge >= 0.3 is 0 Å². The van der Waals surface area contributed by atoms with Crippen molar-refractivity contribution in [2.75, 3.05) is 0 Å². The molecule has 2 aromatic heterocycles. The summed E-state index contributed by atoms with van der Waals surface area (Å²) >= 11 is 6.06. The lowest BCUT2D eigenvalue weighted by molar-refractivity contribution is 1.13. The Balaban J connectivity index is 2.15. The van der Waals surface area contributed by atoms with E-state index < -0.39 is 0 Å². The molecule has 0 radical (unpaired) electrons. The number of benzene rings is 2. The molecular formula is C16H10BrIN2. The maximum absolute atomic E-state index is 3.67. The Kier molecular flexibility index (Phi) is 2.89. The van der Waals surface area contributed by atoms with Crippen molar-refractivity contribution in [3.63, 3.8) is 0 Å². The van der Waals surface area contributed by atoms with Crippen molar-refractivity contribution < 1.29 is 0 Å². The Morgan fingerprint density at radius 1 is 1.05 bits per heavy atom. The first-order valence-corrected chi connectivity index (χ1v) is 8.14. The van der Waals surface area contributed by atoms with E-state index in [9.17, 15) is 0 Å². The third kappa shape index (κ3) is 1.74. The van der Waals surface area contributed by atoms with Crippen LogP contribution in [0.4, 0.5) is 0 Å². The van der Waals surface area contributed by atoms with Crippen LogP contribution in [0.3, 0.4) is 0 Å². The topological polar surface area (TPSA) is 20.7 Å². The molecule has 0 bridgehead atoms. The minimum atomic E-state index is 1.12. The van der Waals surface area contributed by atoms with Gasteiger partial charge in [-0.3, -0.25) is 0 Å². The Bertz CT molecular complexity index is 936. The predicted molar refractivity (Wildman–Crippen MR) is 95.5 cm³/mol. The van der Waals surface area contributed by atoms with E-state index >= 15 is 0 Å². The summed E-state index contributed by atoms with van der Waals surface area (Å²) in [6, 6.07) is 14.8. The van der Waals surface area contributed by atoms with Crippen LogP contribution < -0.4 is 0 Å². The van der Waals surface area contributed by atoms with Gasteiger partial charge in [-0.25, -0.2) is 0 Å². The fourth-order valence-corrected chi connectivity index (χ4v) is 3.94. The average molecular weight is 437 g/mol. The van der Waals surface area contributed by atoms with Crippen LogP contribution in [0.15, 0.2) is 59.3 Å². The molecule has 0 saturated carbocycles. The first kappa shape index (κ1) is 12.5. The highest BCUT2D eigenvalue weighted by atomic mass is 127. The van der Waals surface area contributed by atoms with Crippen LogP contribution in [-0.2, 0) is 0 Å². The van der Waals surface area contributed by atoms with E-state index in [-0.39, 0.29) is 0 Å². The summed E-state index contributed by atoms with van der Waals surface area (Å²) in [7, 11) is 0. The molecule has 2 aromatic carbocycles. The number of rotatable bonds is 1. The van der Waals surface area contributed by atoms with Gasteiger partial charge in [0, 0.05) is 31.2 Å². The van der Waals surface area contributed by atoms with E-state index in [1.807, 2.05) is 6.20 Å². The molecule has 0 fully saturated rings. The molecule has 4 aromatic rings. The van der Waals surface area contributed by atoms with Gasteiger partial charge < -0.3 is 9.55 Å². The van der Waals surface area contributed by atoms with Gasteiger partial charge in [-0.2, -0.15) is 0 Å². The summed E-state index contributed by atoms with van der Waals surface area (Å²) in [6.45, 7) is 0. The Hall–Kier alpha value is -1.27. The average Bonchev–Trinajstić information content (AvgIpc) is 3.04. The van der Waals surface area contributed by atoms with Crippen molar-refractivity contribution in [2.45, 2.75) is 0 Å². The molecule has 0 spiro atoms. The smallest absolute Gasteiger partial charge is 0.0698 e. The van der Waals surface area contributed by atoms with Crippen molar-refractivity contribution in [1.29, 1.82) is 0 Å². The molecule has 0 atom stereocenters. The van der Waals surface area contributed by atoms with Gasteiger partial charge in [-0.15, -0.1) is 0 Å². The first-order chi connectivity index (χ1) is 9.75. The van der Waals surface area contributed by atoms with E-state index in [1.54, 1.807) is 0 Å². The highest BCUT2D eigenvalue weighted by molar-refractivity contribution is 14.1. The van der Waals surface area contributed by atoms with Gasteiger partial charge in [0.15, 0.2) is 0 Å². The fraction of sp³-hybridized carbons (Fsp3) is 0. The number of H-pyrrole nitrogens is 1. The zero-order valence-electron chi connectivity index (χ0n) is 10.4. The molecule has 0 aliphatic carbocycles. The lowest BCUT2D eigenvalue weighted by Crippen LogP contribution is -1.94. The predicted octanol–water partition coefficient (Wildman–Crippen LogP) is 5.48. The van der Waals surface area contributed by atoms with Crippen molar-refractivity contribution in [2.24, 2.45) is 0 Å². The van der Waals surface area contributed by atoms with Crippen molar-refractivity contribution in [3.05, 3.63) is 62.9 Å². The van der Waals surface area contributed by atoms with Crippen molar-refractivity contribution >= 4 is 60.3 Å². The van der Waals surface area contributed by atoms with Gasteiger partial charge in [0.1, 0.15) is 0 Å². The van der Waals surface area contributed by atoms with E-state index in [1.165, 1.54) is 25.5 Å². The lowest BCUT2D eigenvalue weighted by atomic mass is 10.2. The van der Waals surface area contributed by atoms with Crippen molar-refractivity contribution in [1.82, 2.24) is 9.55 Å². The third-order valence-electron chi connectivity index (χ3n) is 3.55. The van der Waals surface area contributed by atoms with E-state index in [0.717, 1.165) is 9.99 Å². The normalized spacial score (nSPS) is 11.5. The van der Waals surface area contributed by atoms with E-state index in [0.29, 0.717) is 0 Å². The molecule has 0 saturated heterocycles. The van der Waals surface area contributed by atoms with Crippen LogP contribution >= 0.6 is 38.5 Å². The zero-order chi connectivity index (χ0) is 13.7. The maximum Gasteiger partial charge on any atom is 0.0698 e. The second-order valence-corrected chi connectivity index (χ2v) is 6.72. The van der Waals surface area contributed by atoms with Gasteiger partial charge in [0.25, 0.3) is 0 Å². The molecule has 20 heavy (non-hydrogen) atoms. The number of hydrogen-bond acceptors (Lipinski definition) is 0. The molecule has 4 rings (SSSR count). The molecule has 0 unspecified atom stereocenters. The summed E-state index contributed by atoms with van der Waals surface area (Å²) in [6.07, 6.45) is 4.13. The molecule has 98 valence electrons. The second kappa shape index (κ2) is 4.63. The van der Waals surface area contributed by atoms with Crippen LogP contribution in [0.1, 0.15) is 0 Å². The number of fused-ring (bicyclic) bond motifs is 2. The summed E-state index contributed by atoms with van der Waals surface area (Å²) in [5.74, 6) is 0. The van der Waals surface area contributed by atoms with Crippen LogP contribution in [0, 0.1) is 3.57 Å². The highest BCUT2D eigenvalue weighted by Crippen LogP contribution is 2.33. The molecule has 4 heteroatoms. The number of hydrogen-bond donors (Lipinski definition) is 1. The fourth-order valence-electron chi connectivity index (χ4n) is 2.66. The molecule has 0 aliphatic rings. The Labute approximate surface area is 138 Å². The number of aromatic amines is 1. The van der Waals surface area contributed by atoms with E-state index in [4.69, 9.17) is 0 Å². The third-order valence-corrected chi connectivity index (χ3v) is 5.05. The summed E-state index contributed by atoms with van der Waals surface area (Å²) < 4.78 is 4.61. The summed E-state index contributed by atoms with van der Waals surface area (Å²) in [4.78, 5) is 3.34. The number of halogens is 2. The van der Waals surface area contributed by atoms with Crippen LogP contribution in [0.2, 0.25) is 0 Å². The van der Waals surface area contributed by atoms with Gasteiger partial charge in [0.05, 0.1) is 16.7 Å². The van der Waals surface area contributed by atoms with E-state index in [2.05, 4.69) is 96.7 Å². The highest BCUT2D eigenvalue weighted by Gasteiger charge is 2.12. The zero-order valence-corrected chi connectivity index (χ0v) is 14.1. The quantitative estimate of drug-likeness (QED) is 0.381. The molecule has 2 heterocycles. The lowest BCUT2D eigenvalue weighted by Gasteiger charge is -2.08. The number of nitrogens with one attached hydrogen (secondary N) is 1. The van der Waals surface area contributed by atoms with Gasteiger partial charge in [-0.1, -0.05) is 24.3 Å². The van der Waals surface area contributed by atoms with Crippen LogP contribution in [0.5, 0.6) is 0 Å². The largest absolute Gasteiger partial charge is 0.359 e. The number of para-hydroxylation sites is 2.